The summed E-state index contributed by atoms with van der Waals surface area (Å²) in [4.78, 5) is 0. The van der Waals surface area contributed by atoms with Crippen LogP contribution in [0, 0.1) is 0 Å². The van der Waals surface area contributed by atoms with Gasteiger partial charge in [-0.2, -0.15) is 43.9 Å². The van der Waals surface area contributed by atoms with E-state index in [9.17, 15) is 52.7 Å². The number of hydrogen-bond acceptors (Lipinski definition) is 0. The Morgan fingerprint density at radius 3 is 1.19 bits per heavy atom. The second-order valence-electron chi connectivity index (χ2n) is 6.19. The van der Waals surface area contributed by atoms with Crippen molar-refractivity contribution in [3.8, 4) is 0 Å². The van der Waals surface area contributed by atoms with Gasteiger partial charge in [0.05, 0.1) is 0 Å². The topological polar surface area (TPSA) is 0 Å². The van der Waals surface area contributed by atoms with Crippen LogP contribution in [0.25, 0.3) is 0 Å². The normalized spacial score (nSPS) is 14.4. The molecular weight excluding hydrogens is 475 g/mol. The molecule has 0 aliphatic rings. The molecule has 2 rings (SSSR count). The Morgan fingerprint density at radius 2 is 0.871 bits per heavy atom. The molecule has 0 saturated carbocycles. The highest BCUT2D eigenvalue weighted by molar-refractivity contribution is 7.74. The van der Waals surface area contributed by atoms with Crippen molar-refractivity contribution in [2.75, 3.05) is 0 Å². The fourth-order valence-electron chi connectivity index (χ4n) is 2.50. The highest BCUT2D eigenvalue weighted by atomic mass is 31.1. The van der Waals surface area contributed by atoms with Crippen LogP contribution >= 0.6 is 7.92 Å². The molecule has 172 valence electrons. The Balaban J connectivity index is 2.70. The lowest BCUT2D eigenvalue weighted by Crippen LogP contribution is -2.68. The van der Waals surface area contributed by atoms with E-state index >= 15 is 0 Å². The molecule has 0 aliphatic heterocycles. The van der Waals surface area contributed by atoms with Crippen LogP contribution in [0.4, 0.5) is 52.7 Å². The van der Waals surface area contributed by atoms with E-state index in [-0.39, 0.29) is 0 Å². The van der Waals surface area contributed by atoms with Gasteiger partial charge in [0, 0.05) is 7.92 Å². The Kier molecular flexibility index (Phi) is 6.68. The number of hydrogen-bond donors (Lipinski definition) is 0. The Labute approximate surface area is 168 Å². The van der Waals surface area contributed by atoms with Gasteiger partial charge in [-0.05, 0) is 10.6 Å². The molecule has 0 radical (unpaired) electrons. The molecule has 0 spiro atoms. The molecule has 13 heteroatoms. The average Bonchev–Trinajstić information content (AvgIpc) is 2.68. The van der Waals surface area contributed by atoms with Crippen molar-refractivity contribution in [2.24, 2.45) is 0 Å². The first kappa shape index (κ1) is 25.3. The van der Waals surface area contributed by atoms with E-state index in [0.29, 0.717) is 0 Å². The van der Waals surface area contributed by atoms with Crippen LogP contribution in [0.2, 0.25) is 0 Å². The first-order valence-electron chi connectivity index (χ1n) is 8.11. The minimum atomic E-state index is -7.55. The molecule has 31 heavy (non-hydrogen) atoms. The lowest BCUT2D eigenvalue weighted by Gasteiger charge is -2.41. The van der Waals surface area contributed by atoms with Crippen molar-refractivity contribution in [1.29, 1.82) is 0 Å². The number of rotatable bonds is 8. The van der Waals surface area contributed by atoms with E-state index in [2.05, 4.69) is 0 Å². The SMILES string of the molecule is FC(F)C(F)(F)C(F)(F)C(F)(F)C(F)(F)C(F)(F)P(c1ccccc1)c1ccccc1. The standard InChI is InChI=1S/C18H11F12P/c19-13(20)14(21,22)15(23,24)16(25,26)17(27,28)18(29,30)31(11-7-3-1-4-8-11)12-9-5-2-6-10-12/h1-10,13H. The van der Waals surface area contributed by atoms with Crippen LogP contribution in [-0.4, -0.2) is 35.8 Å². The number of halogens is 12. The van der Waals surface area contributed by atoms with Gasteiger partial charge in [-0.1, -0.05) is 60.7 Å². The minimum absolute atomic E-state index is 0.673. The smallest absolute Gasteiger partial charge is 0.203 e. The fraction of sp³-hybridized carbons (Fsp3) is 0.333. The van der Waals surface area contributed by atoms with Gasteiger partial charge < -0.3 is 0 Å². The lowest BCUT2D eigenvalue weighted by molar-refractivity contribution is -0.402. The van der Waals surface area contributed by atoms with E-state index in [0.717, 1.165) is 48.5 Å². The zero-order valence-corrected chi connectivity index (χ0v) is 15.7. The van der Waals surface area contributed by atoms with Crippen LogP contribution in [0.15, 0.2) is 60.7 Å². The zero-order chi connectivity index (χ0) is 23.9. The predicted octanol–water partition coefficient (Wildman–Crippen LogP) is 6.52. The van der Waals surface area contributed by atoms with Gasteiger partial charge >= 0.3 is 35.8 Å². The van der Waals surface area contributed by atoms with Crippen molar-refractivity contribution in [1.82, 2.24) is 0 Å². The molecule has 0 aromatic heterocycles. The first-order valence-corrected chi connectivity index (χ1v) is 9.45. The van der Waals surface area contributed by atoms with Crippen molar-refractivity contribution >= 4 is 18.5 Å². The summed E-state index contributed by atoms with van der Waals surface area (Å²) in [6, 6.07) is 10.1. The third kappa shape index (κ3) is 3.87. The maximum absolute atomic E-state index is 14.9. The maximum Gasteiger partial charge on any atom is 0.385 e. The second kappa shape index (κ2) is 8.18. The van der Waals surface area contributed by atoms with Gasteiger partial charge in [0.15, 0.2) is 0 Å². The van der Waals surface area contributed by atoms with Crippen LogP contribution in [0.1, 0.15) is 0 Å². The molecule has 0 bridgehead atoms. The molecule has 0 heterocycles. The second-order valence-corrected chi connectivity index (χ2v) is 8.46. The molecule has 2 aromatic rings. The summed E-state index contributed by atoms with van der Waals surface area (Å²) in [6.45, 7) is 0. The minimum Gasteiger partial charge on any atom is -0.203 e. The summed E-state index contributed by atoms with van der Waals surface area (Å²) in [5, 5.41) is -1.35. The lowest BCUT2D eigenvalue weighted by atomic mass is 9.99. The van der Waals surface area contributed by atoms with Crippen LogP contribution in [-0.2, 0) is 0 Å². The largest absolute Gasteiger partial charge is 0.385 e. The average molecular weight is 486 g/mol. The monoisotopic (exact) mass is 486 g/mol. The highest BCUT2D eigenvalue weighted by Gasteiger charge is 2.88. The van der Waals surface area contributed by atoms with Gasteiger partial charge in [-0.25, -0.2) is 8.78 Å². The Bertz CT molecular complexity index is 828. The zero-order valence-electron chi connectivity index (χ0n) is 14.8. The molecule has 0 N–H and O–H groups in total. The van der Waals surface area contributed by atoms with Gasteiger partial charge in [-0.3, -0.25) is 0 Å². The van der Waals surface area contributed by atoms with E-state index < -0.39 is 54.3 Å². The quantitative estimate of drug-likeness (QED) is 0.295. The third-order valence-electron chi connectivity index (χ3n) is 4.17. The Hall–Kier alpha value is -1.97. The molecule has 0 atom stereocenters. The van der Waals surface area contributed by atoms with E-state index in [1.165, 1.54) is 12.1 Å². The number of benzene rings is 2. The van der Waals surface area contributed by atoms with Crippen molar-refractivity contribution < 1.29 is 52.7 Å². The van der Waals surface area contributed by atoms with Gasteiger partial charge in [0.1, 0.15) is 0 Å². The highest BCUT2D eigenvalue weighted by Crippen LogP contribution is 2.65. The molecule has 0 amide bonds. The molecule has 0 aliphatic carbocycles. The van der Waals surface area contributed by atoms with Crippen molar-refractivity contribution in [3.63, 3.8) is 0 Å². The van der Waals surface area contributed by atoms with E-state index in [4.69, 9.17) is 0 Å². The van der Waals surface area contributed by atoms with E-state index in [1.54, 1.807) is 0 Å². The van der Waals surface area contributed by atoms with Crippen molar-refractivity contribution in [2.45, 2.75) is 35.8 Å². The summed E-state index contributed by atoms with van der Waals surface area (Å²) in [5.41, 5.74) is -6.06. The molecule has 0 unspecified atom stereocenters. The Morgan fingerprint density at radius 1 is 0.516 bits per heavy atom. The van der Waals surface area contributed by atoms with Gasteiger partial charge in [-0.15, -0.1) is 0 Å². The first-order chi connectivity index (χ1) is 14.0. The van der Waals surface area contributed by atoms with Gasteiger partial charge in [0.25, 0.3) is 0 Å². The fourth-order valence-corrected chi connectivity index (χ4v) is 4.81. The summed E-state index contributed by atoms with van der Waals surface area (Å²) in [5.74, 6) is -29.2. The summed E-state index contributed by atoms with van der Waals surface area (Å²) in [7, 11) is -3.87. The molecular formula is C18H11F12P. The molecule has 2 aromatic carbocycles. The van der Waals surface area contributed by atoms with Crippen molar-refractivity contribution in [3.05, 3.63) is 60.7 Å². The third-order valence-corrected chi connectivity index (χ3v) is 6.64. The van der Waals surface area contributed by atoms with E-state index in [1.807, 2.05) is 0 Å². The number of alkyl halides is 12. The van der Waals surface area contributed by atoms with Crippen LogP contribution in [0.3, 0.4) is 0 Å². The van der Waals surface area contributed by atoms with Crippen LogP contribution < -0.4 is 10.6 Å². The van der Waals surface area contributed by atoms with Crippen LogP contribution in [0.5, 0.6) is 0 Å². The summed E-state index contributed by atoms with van der Waals surface area (Å²) in [6.07, 6.45) is -5.53. The molecule has 0 fully saturated rings. The molecule has 0 saturated heterocycles. The summed E-state index contributed by atoms with van der Waals surface area (Å²) >= 11 is 0. The predicted molar refractivity (Wildman–Crippen MR) is 89.8 cm³/mol. The van der Waals surface area contributed by atoms with Gasteiger partial charge in [0.2, 0.25) is 0 Å². The molecule has 0 nitrogen and oxygen atoms in total. The summed E-state index contributed by atoms with van der Waals surface area (Å²) < 4.78 is 164. The maximum atomic E-state index is 14.9.